The topological polar surface area (TPSA) is 99.6 Å². The molecule has 2 amide bonds. The molecule has 1 aromatic heterocycles. The second-order valence-electron chi connectivity index (χ2n) is 5.27. The van der Waals surface area contributed by atoms with Crippen LogP contribution in [-0.4, -0.2) is 45.4 Å². The van der Waals surface area contributed by atoms with Crippen LogP contribution in [0, 0.1) is 5.92 Å². The number of hydrogen-bond acceptors (Lipinski definition) is 4. The third kappa shape index (κ3) is 3.36. The summed E-state index contributed by atoms with van der Waals surface area (Å²) < 4.78 is 0. The van der Waals surface area contributed by atoms with E-state index in [0.717, 1.165) is 0 Å². The van der Waals surface area contributed by atoms with E-state index in [1.54, 1.807) is 4.90 Å². The predicted molar refractivity (Wildman–Crippen MR) is 74.8 cm³/mol. The average Bonchev–Trinajstić information content (AvgIpc) is 2.81. The normalized spacial score (nSPS) is 18.1. The number of amides is 2. The Hall–Kier alpha value is -2.44. The molecular formula is C14H17N3O4. The van der Waals surface area contributed by atoms with Gasteiger partial charge in [-0.15, -0.1) is 0 Å². The molecule has 1 unspecified atom stereocenters. The van der Waals surface area contributed by atoms with Crippen LogP contribution in [0.5, 0.6) is 0 Å². The lowest BCUT2D eigenvalue weighted by molar-refractivity contribution is -0.129. The van der Waals surface area contributed by atoms with Gasteiger partial charge in [-0.2, -0.15) is 0 Å². The minimum Gasteiger partial charge on any atom is -0.477 e. The molecule has 7 heteroatoms. The van der Waals surface area contributed by atoms with Crippen molar-refractivity contribution in [3.05, 3.63) is 24.0 Å². The van der Waals surface area contributed by atoms with E-state index in [1.807, 2.05) is 13.8 Å². The van der Waals surface area contributed by atoms with E-state index >= 15 is 0 Å². The van der Waals surface area contributed by atoms with Crippen LogP contribution in [0.2, 0.25) is 0 Å². The lowest BCUT2D eigenvalue weighted by Crippen LogP contribution is -2.33. The van der Waals surface area contributed by atoms with E-state index in [4.69, 9.17) is 5.11 Å². The summed E-state index contributed by atoms with van der Waals surface area (Å²) in [5, 5.41) is 11.4. The number of pyridine rings is 1. The SMILES string of the molecule is CC(C)N1CC(C(=O)Nc2ccc(C(=O)O)nc2)CC1=O. The molecule has 7 nitrogen and oxygen atoms in total. The first-order valence-corrected chi connectivity index (χ1v) is 6.68. The van der Waals surface area contributed by atoms with Crippen molar-refractivity contribution < 1.29 is 19.5 Å². The fraction of sp³-hybridized carbons (Fsp3) is 0.429. The van der Waals surface area contributed by atoms with Crippen molar-refractivity contribution in [1.29, 1.82) is 0 Å². The van der Waals surface area contributed by atoms with Gasteiger partial charge in [-0.25, -0.2) is 9.78 Å². The zero-order chi connectivity index (χ0) is 15.6. The third-order valence-electron chi connectivity index (χ3n) is 3.40. The number of aromatic nitrogens is 1. The zero-order valence-electron chi connectivity index (χ0n) is 11.9. The van der Waals surface area contributed by atoms with Crippen molar-refractivity contribution in [2.24, 2.45) is 5.92 Å². The van der Waals surface area contributed by atoms with Gasteiger partial charge in [0.05, 0.1) is 17.8 Å². The lowest BCUT2D eigenvalue weighted by atomic mass is 10.1. The van der Waals surface area contributed by atoms with Gasteiger partial charge in [0.2, 0.25) is 11.8 Å². The molecular weight excluding hydrogens is 274 g/mol. The first-order valence-electron chi connectivity index (χ1n) is 6.68. The molecule has 2 rings (SSSR count). The van der Waals surface area contributed by atoms with Gasteiger partial charge in [-0.05, 0) is 26.0 Å². The Morgan fingerprint density at radius 1 is 1.43 bits per heavy atom. The van der Waals surface area contributed by atoms with Gasteiger partial charge in [0.1, 0.15) is 5.69 Å². The average molecular weight is 291 g/mol. The van der Waals surface area contributed by atoms with E-state index in [9.17, 15) is 14.4 Å². The monoisotopic (exact) mass is 291 g/mol. The Kier molecular flexibility index (Phi) is 4.21. The van der Waals surface area contributed by atoms with Crippen LogP contribution in [-0.2, 0) is 9.59 Å². The van der Waals surface area contributed by atoms with E-state index in [2.05, 4.69) is 10.3 Å². The van der Waals surface area contributed by atoms with Crippen LogP contribution in [0.3, 0.4) is 0 Å². The maximum atomic E-state index is 12.1. The van der Waals surface area contributed by atoms with Gasteiger partial charge < -0.3 is 15.3 Å². The summed E-state index contributed by atoms with van der Waals surface area (Å²) in [7, 11) is 0. The first kappa shape index (κ1) is 15.0. The smallest absolute Gasteiger partial charge is 0.354 e. The van der Waals surface area contributed by atoms with Crippen molar-refractivity contribution >= 4 is 23.5 Å². The largest absolute Gasteiger partial charge is 0.477 e. The number of carboxylic acids is 1. The Morgan fingerprint density at radius 2 is 2.14 bits per heavy atom. The predicted octanol–water partition coefficient (Wildman–Crippen LogP) is 0.975. The van der Waals surface area contributed by atoms with E-state index in [-0.39, 0.29) is 35.9 Å². The Bertz CT molecular complexity index is 568. The van der Waals surface area contributed by atoms with Crippen molar-refractivity contribution in [1.82, 2.24) is 9.88 Å². The van der Waals surface area contributed by atoms with Gasteiger partial charge in [0.15, 0.2) is 0 Å². The van der Waals surface area contributed by atoms with Crippen LogP contribution in [0.25, 0.3) is 0 Å². The zero-order valence-corrected chi connectivity index (χ0v) is 11.9. The molecule has 2 N–H and O–H groups in total. The molecule has 0 saturated carbocycles. The summed E-state index contributed by atoms with van der Waals surface area (Å²) in [5.41, 5.74) is 0.329. The Labute approximate surface area is 122 Å². The van der Waals surface area contributed by atoms with Gasteiger partial charge in [-0.1, -0.05) is 0 Å². The van der Waals surface area contributed by atoms with Gasteiger partial charge >= 0.3 is 5.97 Å². The molecule has 0 radical (unpaired) electrons. The van der Waals surface area contributed by atoms with Crippen molar-refractivity contribution in [3.8, 4) is 0 Å². The van der Waals surface area contributed by atoms with Crippen LogP contribution in [0.4, 0.5) is 5.69 Å². The van der Waals surface area contributed by atoms with Crippen molar-refractivity contribution in [2.45, 2.75) is 26.3 Å². The molecule has 0 bridgehead atoms. The maximum absolute atomic E-state index is 12.1. The number of nitrogens with zero attached hydrogens (tertiary/aromatic N) is 2. The molecule has 21 heavy (non-hydrogen) atoms. The van der Waals surface area contributed by atoms with Crippen molar-refractivity contribution in [3.63, 3.8) is 0 Å². The molecule has 1 aromatic rings. The summed E-state index contributed by atoms with van der Waals surface area (Å²) in [4.78, 5) is 40.0. The number of carbonyl (C=O) groups excluding carboxylic acids is 2. The van der Waals surface area contributed by atoms with Crippen LogP contribution >= 0.6 is 0 Å². The highest BCUT2D eigenvalue weighted by Gasteiger charge is 2.35. The quantitative estimate of drug-likeness (QED) is 0.861. The summed E-state index contributed by atoms with van der Waals surface area (Å²) in [6.45, 7) is 4.22. The number of carbonyl (C=O) groups is 3. The van der Waals surface area contributed by atoms with E-state index in [0.29, 0.717) is 12.2 Å². The number of aromatic carboxylic acids is 1. The highest BCUT2D eigenvalue weighted by molar-refractivity contribution is 5.97. The molecule has 1 atom stereocenters. The fourth-order valence-corrected chi connectivity index (χ4v) is 2.24. The highest BCUT2D eigenvalue weighted by Crippen LogP contribution is 2.21. The van der Waals surface area contributed by atoms with Gasteiger partial charge in [0, 0.05) is 19.0 Å². The van der Waals surface area contributed by atoms with Crippen molar-refractivity contribution in [2.75, 3.05) is 11.9 Å². The second-order valence-corrected chi connectivity index (χ2v) is 5.27. The molecule has 1 aliphatic rings. The maximum Gasteiger partial charge on any atom is 0.354 e. The van der Waals surface area contributed by atoms with Gasteiger partial charge in [-0.3, -0.25) is 9.59 Å². The number of rotatable bonds is 4. The molecule has 0 aromatic carbocycles. The lowest BCUT2D eigenvalue weighted by Gasteiger charge is -2.20. The van der Waals surface area contributed by atoms with E-state index < -0.39 is 5.97 Å². The Balaban J connectivity index is 1.99. The Morgan fingerprint density at radius 3 is 2.62 bits per heavy atom. The first-order chi connectivity index (χ1) is 9.88. The third-order valence-corrected chi connectivity index (χ3v) is 3.40. The number of likely N-dealkylation sites (tertiary alicyclic amines) is 1. The molecule has 0 spiro atoms. The molecule has 1 aliphatic heterocycles. The minimum atomic E-state index is -1.12. The second kappa shape index (κ2) is 5.90. The van der Waals surface area contributed by atoms with Gasteiger partial charge in [0.25, 0.3) is 0 Å². The number of carboxylic acid groups (broad SMARTS) is 1. The summed E-state index contributed by atoms with van der Waals surface area (Å²) >= 11 is 0. The molecule has 112 valence electrons. The van der Waals surface area contributed by atoms with Crippen LogP contribution in [0.15, 0.2) is 18.3 Å². The summed E-state index contributed by atoms with van der Waals surface area (Å²) in [6.07, 6.45) is 1.49. The van der Waals surface area contributed by atoms with Crippen LogP contribution < -0.4 is 5.32 Å². The molecule has 1 fully saturated rings. The minimum absolute atomic E-state index is 0.0236. The molecule has 1 saturated heterocycles. The summed E-state index contributed by atoms with van der Waals surface area (Å²) in [5.74, 6) is -1.79. The van der Waals surface area contributed by atoms with Crippen LogP contribution in [0.1, 0.15) is 30.8 Å². The number of hydrogen-bond donors (Lipinski definition) is 2. The fourth-order valence-electron chi connectivity index (χ4n) is 2.24. The summed E-state index contributed by atoms with van der Waals surface area (Å²) in [6, 6.07) is 2.87. The number of anilines is 1. The molecule has 0 aliphatic carbocycles. The van der Waals surface area contributed by atoms with E-state index in [1.165, 1.54) is 18.3 Å². The molecule has 2 heterocycles. The number of nitrogens with one attached hydrogen (secondary N) is 1. The highest BCUT2D eigenvalue weighted by atomic mass is 16.4. The standard InChI is InChI=1S/C14H17N3O4/c1-8(2)17-7-9(5-12(17)18)13(19)16-10-3-4-11(14(20)21)15-6-10/h3-4,6,8-9H,5,7H2,1-2H3,(H,16,19)(H,20,21).